The molecule has 1 amide bonds. The molecule has 1 aliphatic heterocycles. The average molecular weight is 318 g/mol. The quantitative estimate of drug-likeness (QED) is 0.861. The van der Waals surface area contributed by atoms with Crippen molar-refractivity contribution in [1.29, 1.82) is 0 Å². The van der Waals surface area contributed by atoms with Crippen LogP contribution >= 0.6 is 23.4 Å². The molecule has 1 aromatic heterocycles. The Kier molecular flexibility index (Phi) is 3.86. The standard InChI is InChI=1S/C15H12ClN3OS/c1-19-8-2-3-12(19)9-13-14(20)18-15(21-13)17-11-6-4-10(16)5-7-11/h2-9H,1H3,(H,17,18,20)/b13-9-. The number of nitrogens with zero attached hydrogens (tertiary/aromatic N) is 2. The molecule has 1 fully saturated rings. The smallest absolute Gasteiger partial charge is 0.264 e. The van der Waals surface area contributed by atoms with Crippen LogP contribution < -0.4 is 5.32 Å². The molecule has 21 heavy (non-hydrogen) atoms. The van der Waals surface area contributed by atoms with Gasteiger partial charge in [-0.3, -0.25) is 4.79 Å². The van der Waals surface area contributed by atoms with Gasteiger partial charge < -0.3 is 9.88 Å². The Morgan fingerprint density at radius 3 is 2.71 bits per heavy atom. The second kappa shape index (κ2) is 5.79. The lowest BCUT2D eigenvalue weighted by molar-refractivity contribution is -0.115. The van der Waals surface area contributed by atoms with Crippen molar-refractivity contribution in [2.45, 2.75) is 0 Å². The summed E-state index contributed by atoms with van der Waals surface area (Å²) in [6.45, 7) is 0. The maximum Gasteiger partial charge on any atom is 0.264 e. The Hall–Kier alpha value is -1.98. The van der Waals surface area contributed by atoms with Crippen LogP contribution in [0.15, 0.2) is 52.5 Å². The molecule has 0 aliphatic carbocycles. The van der Waals surface area contributed by atoms with Gasteiger partial charge >= 0.3 is 0 Å². The molecule has 106 valence electrons. The maximum absolute atomic E-state index is 12.0. The van der Waals surface area contributed by atoms with Gasteiger partial charge in [0.1, 0.15) is 0 Å². The Morgan fingerprint density at radius 1 is 1.29 bits per heavy atom. The molecule has 1 aliphatic rings. The van der Waals surface area contributed by atoms with E-state index in [1.807, 2.05) is 36.0 Å². The van der Waals surface area contributed by atoms with Crippen LogP contribution in [-0.2, 0) is 11.8 Å². The maximum atomic E-state index is 12.0. The first kappa shape index (κ1) is 14.0. The highest BCUT2D eigenvalue weighted by Gasteiger charge is 2.24. The normalized spacial score (nSPS) is 18.5. The van der Waals surface area contributed by atoms with Gasteiger partial charge in [0.25, 0.3) is 5.91 Å². The number of rotatable bonds is 2. The van der Waals surface area contributed by atoms with Crippen molar-refractivity contribution in [3.05, 3.63) is 58.2 Å². The first-order valence-corrected chi connectivity index (χ1v) is 7.48. The molecule has 2 aromatic rings. The van der Waals surface area contributed by atoms with Crippen molar-refractivity contribution in [2.24, 2.45) is 12.0 Å². The van der Waals surface area contributed by atoms with Crippen LogP contribution in [0.5, 0.6) is 0 Å². The molecule has 6 heteroatoms. The fraction of sp³-hybridized carbons (Fsp3) is 0.0667. The topological polar surface area (TPSA) is 46.4 Å². The first-order valence-electron chi connectivity index (χ1n) is 6.28. The third-order valence-electron chi connectivity index (χ3n) is 2.97. The lowest BCUT2D eigenvalue weighted by Crippen LogP contribution is -2.19. The van der Waals surface area contributed by atoms with Gasteiger partial charge in [-0.25, -0.2) is 4.99 Å². The molecule has 1 N–H and O–H groups in total. The molecule has 1 aromatic carbocycles. The Morgan fingerprint density at radius 2 is 2.05 bits per heavy atom. The van der Waals surface area contributed by atoms with Crippen LogP contribution in [0.2, 0.25) is 5.02 Å². The van der Waals surface area contributed by atoms with Crippen LogP contribution in [0.3, 0.4) is 0 Å². The van der Waals surface area contributed by atoms with E-state index in [9.17, 15) is 4.79 Å². The third kappa shape index (κ3) is 3.20. The Bertz CT molecular complexity index is 747. The molecule has 4 nitrogen and oxygen atoms in total. The van der Waals surface area contributed by atoms with Crippen LogP contribution in [0.4, 0.5) is 5.69 Å². The minimum Gasteiger partial charge on any atom is -0.351 e. The van der Waals surface area contributed by atoms with Crippen molar-refractivity contribution < 1.29 is 4.79 Å². The minimum absolute atomic E-state index is 0.131. The SMILES string of the molecule is Cn1cccc1/C=C1\SC(=Nc2ccc(Cl)cc2)NC1=O. The predicted molar refractivity (Wildman–Crippen MR) is 87.7 cm³/mol. The summed E-state index contributed by atoms with van der Waals surface area (Å²) in [7, 11) is 1.94. The summed E-state index contributed by atoms with van der Waals surface area (Å²) < 4.78 is 1.95. The van der Waals surface area contributed by atoms with Crippen molar-refractivity contribution in [1.82, 2.24) is 9.88 Å². The highest BCUT2D eigenvalue weighted by atomic mass is 35.5. The van der Waals surface area contributed by atoms with E-state index in [-0.39, 0.29) is 5.91 Å². The number of aliphatic imine (C=N–C) groups is 1. The van der Waals surface area contributed by atoms with E-state index in [0.717, 1.165) is 11.4 Å². The van der Waals surface area contributed by atoms with Gasteiger partial charge in [0.2, 0.25) is 0 Å². The van der Waals surface area contributed by atoms with Gasteiger partial charge in [0, 0.05) is 24.0 Å². The average Bonchev–Trinajstić information content (AvgIpc) is 3.00. The van der Waals surface area contributed by atoms with E-state index in [2.05, 4.69) is 10.3 Å². The molecule has 0 atom stereocenters. The largest absolute Gasteiger partial charge is 0.351 e. The number of carbonyl (C=O) groups is 1. The number of carbonyl (C=O) groups excluding carboxylic acids is 1. The molecule has 3 rings (SSSR count). The molecule has 1 saturated heterocycles. The molecule has 0 unspecified atom stereocenters. The Labute approximate surface area is 131 Å². The number of hydrogen-bond acceptors (Lipinski definition) is 3. The number of aryl methyl sites for hydroxylation is 1. The summed E-state index contributed by atoms with van der Waals surface area (Å²) in [5.74, 6) is -0.131. The zero-order chi connectivity index (χ0) is 14.8. The number of hydrogen-bond donors (Lipinski definition) is 1. The monoisotopic (exact) mass is 317 g/mol. The van der Waals surface area contributed by atoms with Crippen LogP contribution in [0, 0.1) is 0 Å². The number of amidine groups is 1. The number of nitrogens with one attached hydrogen (secondary N) is 1. The Balaban J connectivity index is 1.83. The molecule has 0 saturated carbocycles. The second-order valence-electron chi connectivity index (χ2n) is 4.50. The van der Waals surface area contributed by atoms with E-state index in [1.54, 1.807) is 24.3 Å². The van der Waals surface area contributed by atoms with E-state index >= 15 is 0 Å². The number of amides is 1. The van der Waals surface area contributed by atoms with E-state index in [4.69, 9.17) is 11.6 Å². The lowest BCUT2D eigenvalue weighted by Gasteiger charge is -1.97. The lowest BCUT2D eigenvalue weighted by atomic mass is 10.3. The predicted octanol–water partition coefficient (Wildman–Crippen LogP) is 3.57. The summed E-state index contributed by atoms with van der Waals surface area (Å²) in [5, 5.41) is 3.99. The highest BCUT2D eigenvalue weighted by molar-refractivity contribution is 8.18. The molecular weight excluding hydrogens is 306 g/mol. The summed E-state index contributed by atoms with van der Waals surface area (Å²) in [6.07, 6.45) is 3.79. The molecule has 0 bridgehead atoms. The van der Waals surface area contributed by atoms with Gasteiger partial charge in [-0.1, -0.05) is 11.6 Å². The van der Waals surface area contributed by atoms with E-state index in [0.29, 0.717) is 15.1 Å². The zero-order valence-electron chi connectivity index (χ0n) is 11.2. The molecule has 0 radical (unpaired) electrons. The number of thioether (sulfide) groups is 1. The summed E-state index contributed by atoms with van der Waals surface area (Å²) >= 11 is 7.16. The van der Waals surface area contributed by atoms with Crippen molar-refractivity contribution >= 4 is 46.2 Å². The van der Waals surface area contributed by atoms with Gasteiger partial charge in [-0.15, -0.1) is 0 Å². The van der Waals surface area contributed by atoms with Crippen molar-refractivity contribution in [2.75, 3.05) is 0 Å². The van der Waals surface area contributed by atoms with Crippen molar-refractivity contribution in [3.8, 4) is 0 Å². The molecular formula is C15H12ClN3OS. The fourth-order valence-electron chi connectivity index (χ4n) is 1.87. The zero-order valence-corrected chi connectivity index (χ0v) is 12.8. The second-order valence-corrected chi connectivity index (χ2v) is 5.97. The number of aromatic nitrogens is 1. The van der Waals surface area contributed by atoms with Crippen LogP contribution in [0.1, 0.15) is 5.69 Å². The summed E-state index contributed by atoms with van der Waals surface area (Å²) in [4.78, 5) is 17.0. The van der Waals surface area contributed by atoms with E-state index in [1.165, 1.54) is 11.8 Å². The molecule has 0 spiro atoms. The summed E-state index contributed by atoms with van der Waals surface area (Å²) in [5.41, 5.74) is 1.72. The van der Waals surface area contributed by atoms with Gasteiger partial charge in [-0.05, 0) is 54.2 Å². The van der Waals surface area contributed by atoms with E-state index < -0.39 is 0 Å². The van der Waals surface area contributed by atoms with Crippen LogP contribution in [0.25, 0.3) is 6.08 Å². The number of halogens is 1. The molecule has 2 heterocycles. The van der Waals surface area contributed by atoms with Gasteiger partial charge in [0.05, 0.1) is 10.6 Å². The van der Waals surface area contributed by atoms with Gasteiger partial charge in [0.15, 0.2) is 5.17 Å². The van der Waals surface area contributed by atoms with Crippen LogP contribution in [-0.4, -0.2) is 15.6 Å². The van der Waals surface area contributed by atoms with Crippen molar-refractivity contribution in [3.63, 3.8) is 0 Å². The minimum atomic E-state index is -0.131. The number of benzene rings is 1. The first-order chi connectivity index (χ1) is 10.1. The highest BCUT2D eigenvalue weighted by Crippen LogP contribution is 2.28. The fourth-order valence-corrected chi connectivity index (χ4v) is 2.82. The van der Waals surface area contributed by atoms with Gasteiger partial charge in [-0.2, -0.15) is 0 Å². The summed E-state index contributed by atoms with van der Waals surface area (Å²) in [6, 6.07) is 11.0. The third-order valence-corrected chi connectivity index (χ3v) is 4.13.